The molecule has 0 aromatic heterocycles. The van der Waals surface area contributed by atoms with Crippen LogP contribution in [0.5, 0.6) is 5.75 Å². The average molecular weight is 237 g/mol. The summed E-state index contributed by atoms with van der Waals surface area (Å²) >= 11 is 5.58. The fourth-order valence-electron chi connectivity index (χ4n) is 1.07. The lowest BCUT2D eigenvalue weighted by Gasteiger charge is -2.09. The largest absolute Gasteiger partial charge is 0.478 e. The van der Waals surface area contributed by atoms with Crippen LogP contribution in [0.25, 0.3) is 0 Å². The molecule has 6 heteroatoms. The van der Waals surface area contributed by atoms with Gasteiger partial charge < -0.3 is 9.84 Å². The topological polar surface area (TPSA) is 46.5 Å². The first kappa shape index (κ1) is 11.7. The minimum Gasteiger partial charge on any atom is -0.478 e. The van der Waals surface area contributed by atoms with Crippen molar-refractivity contribution in [1.29, 1.82) is 0 Å². The molecule has 1 aromatic carbocycles. The maximum absolute atomic E-state index is 11.9. The molecule has 0 aliphatic carbocycles. The highest BCUT2D eigenvalue weighted by Gasteiger charge is 2.16. The van der Waals surface area contributed by atoms with Crippen molar-refractivity contribution in [3.63, 3.8) is 0 Å². The van der Waals surface area contributed by atoms with Crippen molar-refractivity contribution in [3.05, 3.63) is 28.3 Å². The van der Waals surface area contributed by atoms with E-state index >= 15 is 0 Å². The first-order chi connectivity index (χ1) is 6.91. The van der Waals surface area contributed by atoms with Gasteiger partial charge in [-0.1, -0.05) is 11.6 Å². The van der Waals surface area contributed by atoms with Crippen molar-refractivity contribution in [2.24, 2.45) is 0 Å². The minimum absolute atomic E-state index is 0.257. The minimum atomic E-state index is -3.04. The van der Waals surface area contributed by atoms with Crippen molar-refractivity contribution in [3.8, 4) is 5.75 Å². The maximum Gasteiger partial charge on any atom is 0.387 e. The summed E-state index contributed by atoms with van der Waals surface area (Å²) in [5, 5.41) is 8.40. The number of carboxylic acids is 1. The summed E-state index contributed by atoms with van der Waals surface area (Å²) in [7, 11) is 0. The molecule has 0 atom stereocenters. The summed E-state index contributed by atoms with van der Waals surface area (Å²) in [4.78, 5) is 10.7. The number of aryl methyl sites for hydroxylation is 1. The molecule has 0 saturated heterocycles. The van der Waals surface area contributed by atoms with Crippen LogP contribution in [0.2, 0.25) is 5.02 Å². The number of carbonyl (C=O) groups is 1. The number of carboxylic acid groups (broad SMARTS) is 1. The van der Waals surface area contributed by atoms with Crippen LogP contribution in [0.4, 0.5) is 8.78 Å². The summed E-state index contributed by atoms with van der Waals surface area (Å²) in [6.45, 7) is -1.48. The zero-order chi connectivity index (χ0) is 11.6. The van der Waals surface area contributed by atoms with Gasteiger partial charge in [-0.25, -0.2) is 4.79 Å². The van der Waals surface area contributed by atoms with E-state index in [9.17, 15) is 13.6 Å². The molecule has 0 unspecified atom stereocenters. The molecule has 0 bridgehead atoms. The predicted octanol–water partition coefficient (Wildman–Crippen LogP) is 2.95. The number of ether oxygens (including phenoxy) is 1. The Morgan fingerprint density at radius 2 is 2.13 bits per heavy atom. The predicted molar refractivity (Wildman–Crippen MR) is 49.8 cm³/mol. The van der Waals surface area contributed by atoms with Gasteiger partial charge >= 0.3 is 12.6 Å². The Hall–Kier alpha value is -1.36. The zero-order valence-corrected chi connectivity index (χ0v) is 8.39. The van der Waals surface area contributed by atoms with Gasteiger partial charge in [-0.2, -0.15) is 8.78 Å². The molecular formula is C9H7ClF2O3. The number of hydrogen-bond donors (Lipinski definition) is 1. The number of aromatic carboxylic acids is 1. The normalized spacial score (nSPS) is 10.5. The fraction of sp³-hybridized carbons (Fsp3) is 0.222. The van der Waals surface area contributed by atoms with E-state index in [1.54, 1.807) is 6.92 Å². The third-order valence-electron chi connectivity index (χ3n) is 1.63. The third kappa shape index (κ3) is 2.79. The molecule has 0 aliphatic heterocycles. The molecule has 0 saturated carbocycles. The van der Waals surface area contributed by atoms with Crippen LogP contribution in [0.3, 0.4) is 0 Å². The standard InChI is InChI=1S/C9H7ClF2O3/c1-4-2-5(8(13)14)7(10)6(3-4)15-9(11)12/h2-3,9H,1H3,(H,13,14). The summed E-state index contributed by atoms with van der Waals surface area (Å²) in [5.41, 5.74) is 0.222. The number of alkyl halides is 2. The highest BCUT2D eigenvalue weighted by atomic mass is 35.5. The van der Waals surface area contributed by atoms with Gasteiger partial charge in [0.25, 0.3) is 0 Å². The molecule has 0 radical (unpaired) electrons. The molecule has 1 N–H and O–H groups in total. The molecule has 0 heterocycles. The average Bonchev–Trinajstić information content (AvgIpc) is 2.09. The van der Waals surface area contributed by atoms with Crippen molar-refractivity contribution >= 4 is 17.6 Å². The molecule has 0 aliphatic rings. The molecule has 15 heavy (non-hydrogen) atoms. The second-order valence-corrected chi connectivity index (χ2v) is 3.19. The van der Waals surface area contributed by atoms with E-state index in [1.807, 2.05) is 0 Å². The molecule has 3 nitrogen and oxygen atoms in total. The van der Waals surface area contributed by atoms with E-state index in [2.05, 4.69) is 4.74 Å². The van der Waals surface area contributed by atoms with Crippen LogP contribution < -0.4 is 4.74 Å². The van der Waals surface area contributed by atoms with Gasteiger partial charge in [-0.05, 0) is 24.6 Å². The number of halogens is 3. The summed E-state index contributed by atoms with van der Waals surface area (Å²) in [6.07, 6.45) is 0. The number of hydrogen-bond acceptors (Lipinski definition) is 2. The van der Waals surface area contributed by atoms with Gasteiger partial charge in [0.05, 0.1) is 10.6 Å². The number of rotatable bonds is 3. The lowest BCUT2D eigenvalue weighted by molar-refractivity contribution is -0.0498. The second-order valence-electron chi connectivity index (χ2n) is 2.81. The van der Waals surface area contributed by atoms with E-state index in [-0.39, 0.29) is 16.3 Å². The van der Waals surface area contributed by atoms with E-state index in [0.29, 0.717) is 5.56 Å². The Balaban J connectivity index is 3.22. The number of benzene rings is 1. The van der Waals surface area contributed by atoms with Gasteiger partial charge in [0.2, 0.25) is 0 Å². The van der Waals surface area contributed by atoms with Crippen molar-refractivity contribution < 1.29 is 23.4 Å². The fourth-order valence-corrected chi connectivity index (χ4v) is 1.31. The molecule has 82 valence electrons. The van der Waals surface area contributed by atoms with Crippen LogP contribution in [0, 0.1) is 6.92 Å². The van der Waals surface area contributed by atoms with E-state index in [1.165, 1.54) is 12.1 Å². The molecule has 1 rings (SSSR count). The second kappa shape index (κ2) is 4.44. The molecule has 0 amide bonds. The molecule has 1 aromatic rings. The van der Waals surface area contributed by atoms with Crippen molar-refractivity contribution in [2.45, 2.75) is 13.5 Å². The van der Waals surface area contributed by atoms with Gasteiger partial charge in [0.1, 0.15) is 5.75 Å². The SMILES string of the molecule is Cc1cc(OC(F)F)c(Cl)c(C(=O)O)c1. The summed E-state index contributed by atoms with van der Waals surface area (Å²) in [6, 6.07) is 2.53. The highest BCUT2D eigenvalue weighted by Crippen LogP contribution is 2.31. The molecule has 0 fully saturated rings. The Morgan fingerprint density at radius 3 is 2.60 bits per heavy atom. The van der Waals surface area contributed by atoms with Crippen LogP contribution in [0.1, 0.15) is 15.9 Å². The van der Waals surface area contributed by atoms with Gasteiger partial charge in [-0.3, -0.25) is 0 Å². The first-order valence-electron chi connectivity index (χ1n) is 3.90. The van der Waals surface area contributed by atoms with Gasteiger partial charge in [0, 0.05) is 0 Å². The maximum atomic E-state index is 11.9. The van der Waals surface area contributed by atoms with E-state index in [0.717, 1.165) is 0 Å². The van der Waals surface area contributed by atoms with Crippen LogP contribution in [-0.2, 0) is 0 Å². The van der Waals surface area contributed by atoms with E-state index < -0.39 is 12.6 Å². The monoisotopic (exact) mass is 236 g/mol. The quantitative estimate of drug-likeness (QED) is 0.878. The smallest absolute Gasteiger partial charge is 0.387 e. The van der Waals surface area contributed by atoms with Crippen molar-refractivity contribution in [2.75, 3.05) is 0 Å². The summed E-state index contributed by atoms with van der Waals surface area (Å²) in [5.74, 6) is -1.62. The van der Waals surface area contributed by atoms with Crippen LogP contribution in [0.15, 0.2) is 12.1 Å². The Kier molecular flexibility index (Phi) is 3.47. The highest BCUT2D eigenvalue weighted by molar-refractivity contribution is 6.35. The molecular weight excluding hydrogens is 230 g/mol. The van der Waals surface area contributed by atoms with Crippen molar-refractivity contribution in [1.82, 2.24) is 0 Å². The Bertz CT molecular complexity index is 393. The van der Waals surface area contributed by atoms with Gasteiger partial charge in [-0.15, -0.1) is 0 Å². The third-order valence-corrected chi connectivity index (χ3v) is 2.02. The first-order valence-corrected chi connectivity index (χ1v) is 4.28. The van der Waals surface area contributed by atoms with Crippen LogP contribution >= 0.6 is 11.6 Å². The summed E-state index contributed by atoms with van der Waals surface area (Å²) < 4.78 is 28.0. The van der Waals surface area contributed by atoms with Crippen LogP contribution in [-0.4, -0.2) is 17.7 Å². The Morgan fingerprint density at radius 1 is 1.53 bits per heavy atom. The molecule has 0 spiro atoms. The Labute approximate surface area is 89.2 Å². The zero-order valence-electron chi connectivity index (χ0n) is 7.63. The van der Waals surface area contributed by atoms with E-state index in [4.69, 9.17) is 16.7 Å². The lowest BCUT2D eigenvalue weighted by Crippen LogP contribution is -2.06. The van der Waals surface area contributed by atoms with Gasteiger partial charge in [0.15, 0.2) is 0 Å². The lowest BCUT2D eigenvalue weighted by atomic mass is 10.1.